The number of rotatable bonds is 5. The second-order valence-electron chi connectivity index (χ2n) is 9.08. The quantitative estimate of drug-likeness (QED) is 0.661. The van der Waals surface area contributed by atoms with E-state index in [2.05, 4.69) is 10.2 Å². The number of ether oxygens (including phenoxy) is 1. The Balaban J connectivity index is 1.55. The van der Waals surface area contributed by atoms with Crippen LogP contribution in [0, 0.1) is 0 Å². The number of hydrogen-bond acceptors (Lipinski definition) is 5. The van der Waals surface area contributed by atoms with Crippen molar-refractivity contribution >= 4 is 15.9 Å². The predicted octanol–water partition coefficient (Wildman–Crippen LogP) is 3.34. The number of carbonyl (C=O) groups is 1. The van der Waals surface area contributed by atoms with Gasteiger partial charge in [0, 0.05) is 49.8 Å². The van der Waals surface area contributed by atoms with Crippen molar-refractivity contribution in [2.24, 2.45) is 0 Å². The zero-order valence-corrected chi connectivity index (χ0v) is 20.2. The van der Waals surface area contributed by atoms with Crippen LogP contribution in [0.1, 0.15) is 42.0 Å². The molecule has 2 unspecified atom stereocenters. The zero-order valence-electron chi connectivity index (χ0n) is 19.4. The van der Waals surface area contributed by atoms with Crippen molar-refractivity contribution in [2.75, 3.05) is 44.3 Å². The topological polar surface area (TPSA) is 95.6 Å². The molecule has 8 nitrogen and oxygen atoms in total. The first-order valence-corrected chi connectivity index (χ1v) is 13.4. The molecule has 0 bridgehead atoms. The molecule has 192 valence electrons. The summed E-state index contributed by atoms with van der Waals surface area (Å²) >= 11 is 0. The van der Waals surface area contributed by atoms with Crippen molar-refractivity contribution in [1.29, 1.82) is 0 Å². The molecule has 2 saturated heterocycles. The lowest BCUT2D eigenvalue weighted by Crippen LogP contribution is -2.53. The van der Waals surface area contributed by atoms with E-state index in [4.69, 9.17) is 4.74 Å². The van der Waals surface area contributed by atoms with Crippen LogP contribution < -0.4 is 4.74 Å². The first kappa shape index (κ1) is 25.3. The molecular weight excluding hydrogens is 485 g/mol. The maximum Gasteiger partial charge on any atom is 0.393 e. The van der Waals surface area contributed by atoms with Gasteiger partial charge in [-0.3, -0.25) is 5.10 Å². The van der Waals surface area contributed by atoms with Gasteiger partial charge < -0.3 is 14.5 Å². The fourth-order valence-electron chi connectivity index (χ4n) is 4.71. The van der Waals surface area contributed by atoms with E-state index in [1.807, 2.05) is 6.92 Å². The van der Waals surface area contributed by atoms with E-state index >= 15 is 0 Å². The molecule has 2 atom stereocenters. The van der Waals surface area contributed by atoms with Crippen LogP contribution >= 0.6 is 0 Å². The van der Waals surface area contributed by atoms with Crippen LogP contribution in [-0.4, -0.2) is 84.9 Å². The fourth-order valence-corrected chi connectivity index (χ4v) is 5.91. The van der Waals surface area contributed by atoms with Gasteiger partial charge in [0.2, 0.25) is 5.88 Å². The van der Waals surface area contributed by atoms with Crippen molar-refractivity contribution in [3.63, 3.8) is 0 Å². The fraction of sp³-hybridized carbons (Fsp3) is 0.565. The van der Waals surface area contributed by atoms with Crippen molar-refractivity contribution in [2.45, 2.75) is 37.8 Å². The summed E-state index contributed by atoms with van der Waals surface area (Å²) in [6.45, 7) is 3.43. The number of nitrogens with one attached hydrogen (secondary N) is 1. The van der Waals surface area contributed by atoms with E-state index < -0.39 is 22.4 Å². The number of aromatic amines is 1. The maximum absolute atomic E-state index is 13.3. The Bertz CT molecular complexity index is 1120. The van der Waals surface area contributed by atoms with Crippen LogP contribution in [0.3, 0.4) is 0 Å². The SMILES string of the molecule is CCOc1cc(C2CC(c3ccc(CC(F)(F)F)cc3)CN(C(=O)N3CCS(=O)(=O)CC3)C2)[nH]n1. The Morgan fingerprint density at radius 3 is 2.40 bits per heavy atom. The monoisotopic (exact) mass is 514 g/mol. The lowest BCUT2D eigenvalue weighted by atomic mass is 9.83. The number of alkyl halides is 3. The first-order chi connectivity index (χ1) is 16.5. The first-order valence-electron chi connectivity index (χ1n) is 11.6. The molecule has 1 aromatic carbocycles. The van der Waals surface area contributed by atoms with Gasteiger partial charge in [-0.25, -0.2) is 13.2 Å². The second kappa shape index (κ2) is 10.1. The second-order valence-corrected chi connectivity index (χ2v) is 11.4. The molecule has 0 saturated carbocycles. The zero-order chi connectivity index (χ0) is 25.2. The number of likely N-dealkylation sites (tertiary alicyclic amines) is 1. The lowest BCUT2D eigenvalue weighted by Gasteiger charge is -2.40. The van der Waals surface area contributed by atoms with Gasteiger partial charge in [-0.1, -0.05) is 24.3 Å². The average molecular weight is 515 g/mol. The van der Waals surface area contributed by atoms with Crippen LogP contribution in [0.4, 0.5) is 18.0 Å². The number of halogens is 3. The van der Waals surface area contributed by atoms with Crippen molar-refractivity contribution in [1.82, 2.24) is 20.0 Å². The summed E-state index contributed by atoms with van der Waals surface area (Å²) in [6, 6.07) is 7.94. The molecule has 0 spiro atoms. The summed E-state index contributed by atoms with van der Waals surface area (Å²) < 4.78 is 67.3. The summed E-state index contributed by atoms with van der Waals surface area (Å²) in [5, 5.41) is 7.15. The molecule has 4 rings (SSSR count). The van der Waals surface area contributed by atoms with Gasteiger partial charge in [0.05, 0.1) is 24.5 Å². The number of sulfone groups is 1. The van der Waals surface area contributed by atoms with Crippen LogP contribution in [0.5, 0.6) is 5.88 Å². The summed E-state index contributed by atoms with van der Waals surface area (Å²) in [6.07, 6.45) is -4.59. The van der Waals surface area contributed by atoms with E-state index in [9.17, 15) is 26.4 Å². The third kappa shape index (κ3) is 6.47. The van der Waals surface area contributed by atoms with Crippen molar-refractivity contribution in [3.8, 4) is 5.88 Å². The number of nitrogens with zero attached hydrogens (tertiary/aromatic N) is 3. The Morgan fingerprint density at radius 2 is 1.77 bits per heavy atom. The van der Waals surface area contributed by atoms with E-state index in [1.165, 1.54) is 12.1 Å². The van der Waals surface area contributed by atoms with E-state index in [1.54, 1.807) is 28.0 Å². The largest absolute Gasteiger partial charge is 0.477 e. The van der Waals surface area contributed by atoms with E-state index in [0.717, 1.165) is 11.3 Å². The van der Waals surface area contributed by atoms with E-state index in [0.29, 0.717) is 32.0 Å². The smallest absolute Gasteiger partial charge is 0.393 e. The van der Waals surface area contributed by atoms with Crippen molar-refractivity contribution in [3.05, 3.63) is 47.2 Å². The number of aromatic nitrogens is 2. The highest BCUT2D eigenvalue weighted by molar-refractivity contribution is 7.91. The number of piperidine rings is 1. The number of carbonyl (C=O) groups excluding carboxylic acids is 1. The normalized spacial score (nSPS) is 22.7. The number of H-pyrrole nitrogens is 1. The molecule has 3 heterocycles. The Hall–Kier alpha value is -2.76. The minimum Gasteiger partial charge on any atom is -0.477 e. The van der Waals surface area contributed by atoms with Gasteiger partial charge in [0.1, 0.15) is 0 Å². The Labute approximate surface area is 202 Å². The van der Waals surface area contributed by atoms with Gasteiger partial charge in [-0.05, 0) is 24.5 Å². The highest BCUT2D eigenvalue weighted by Crippen LogP contribution is 2.37. The standard InChI is InChI=1S/C23H29F3N4O4S/c1-2-34-21-12-20(27-28-21)19-11-18(17-5-3-16(4-6-17)13-23(24,25)26)14-30(15-19)22(31)29-7-9-35(32,33)10-8-29/h3-6,12,18-19H,2,7-11,13-15H2,1H3,(H,27,28). The molecule has 0 radical (unpaired) electrons. The Kier molecular flexibility index (Phi) is 7.30. The lowest BCUT2D eigenvalue weighted by molar-refractivity contribution is -0.127. The summed E-state index contributed by atoms with van der Waals surface area (Å²) in [7, 11) is -3.13. The molecule has 1 aromatic heterocycles. The molecule has 2 aliphatic rings. The summed E-state index contributed by atoms with van der Waals surface area (Å²) in [5.74, 6) is 0.143. The Morgan fingerprint density at radius 1 is 1.11 bits per heavy atom. The minimum atomic E-state index is -4.28. The number of hydrogen-bond donors (Lipinski definition) is 1. The van der Waals surface area contributed by atoms with Crippen molar-refractivity contribution < 1.29 is 31.1 Å². The molecule has 2 aromatic rings. The van der Waals surface area contributed by atoms with Gasteiger partial charge in [0.15, 0.2) is 9.84 Å². The third-order valence-corrected chi connectivity index (χ3v) is 8.11. The third-order valence-electron chi connectivity index (χ3n) is 6.50. The van der Waals surface area contributed by atoms with Crippen LogP contribution in [-0.2, 0) is 16.3 Å². The molecule has 0 aliphatic carbocycles. The van der Waals surface area contributed by atoms with Crippen LogP contribution in [0.15, 0.2) is 30.3 Å². The molecule has 2 fully saturated rings. The minimum absolute atomic E-state index is 0.0572. The van der Waals surface area contributed by atoms with Gasteiger partial charge >= 0.3 is 12.2 Å². The average Bonchev–Trinajstić information content (AvgIpc) is 3.27. The predicted molar refractivity (Wildman–Crippen MR) is 123 cm³/mol. The number of benzene rings is 1. The van der Waals surface area contributed by atoms with Crippen LogP contribution in [0.2, 0.25) is 0 Å². The molecule has 12 heteroatoms. The molecule has 35 heavy (non-hydrogen) atoms. The number of amides is 2. The van der Waals surface area contributed by atoms with Gasteiger partial charge in [-0.15, -0.1) is 5.10 Å². The molecule has 1 N–H and O–H groups in total. The highest BCUT2D eigenvalue weighted by Gasteiger charge is 2.36. The highest BCUT2D eigenvalue weighted by atomic mass is 32.2. The maximum atomic E-state index is 13.3. The summed E-state index contributed by atoms with van der Waals surface area (Å²) in [4.78, 5) is 16.6. The summed E-state index contributed by atoms with van der Waals surface area (Å²) in [5.41, 5.74) is 1.85. The van der Waals surface area contributed by atoms with Crippen LogP contribution in [0.25, 0.3) is 0 Å². The molecule has 2 aliphatic heterocycles. The van der Waals surface area contributed by atoms with Gasteiger partial charge in [0.25, 0.3) is 0 Å². The number of urea groups is 1. The molecule has 2 amide bonds. The van der Waals surface area contributed by atoms with E-state index in [-0.39, 0.29) is 48.0 Å². The van der Waals surface area contributed by atoms with Gasteiger partial charge in [-0.2, -0.15) is 13.2 Å². The molecular formula is C23H29F3N4O4S.